The van der Waals surface area contributed by atoms with Crippen LogP contribution >= 0.6 is 0 Å². The zero-order valence-corrected chi connectivity index (χ0v) is 24.1. The molecule has 0 radical (unpaired) electrons. The van der Waals surface area contributed by atoms with E-state index in [9.17, 15) is 52.8 Å². The lowest BCUT2D eigenvalue weighted by Gasteiger charge is -2.36. The fourth-order valence-corrected chi connectivity index (χ4v) is 5.57. The summed E-state index contributed by atoms with van der Waals surface area (Å²) in [5.41, 5.74) is -5.54. The van der Waals surface area contributed by atoms with Gasteiger partial charge in [-0.2, -0.15) is 39.1 Å². The molecule has 0 N–H and O–H groups in total. The second kappa shape index (κ2) is 11.0. The Hall–Kier alpha value is -1.66. The number of hydrogen-bond donors (Lipinski definition) is 0. The van der Waals surface area contributed by atoms with E-state index in [0.29, 0.717) is 13.3 Å². The molecule has 10 nitrogen and oxygen atoms in total. The highest BCUT2D eigenvalue weighted by molar-refractivity contribution is 7.90. The average molecular weight is 622 g/mol. The molecular weight excluding hydrogens is 588 g/mol. The van der Waals surface area contributed by atoms with Crippen molar-refractivity contribution in [3.05, 3.63) is 0 Å². The van der Waals surface area contributed by atoms with Gasteiger partial charge in [0.05, 0.1) is 6.61 Å². The molecule has 39 heavy (non-hydrogen) atoms. The lowest BCUT2D eigenvalue weighted by Crippen LogP contribution is -2.64. The Morgan fingerprint density at radius 1 is 0.692 bits per heavy atom. The molecule has 18 heteroatoms. The number of sulfonamides is 1. The maximum atomic E-state index is 14.6. The second-order valence-electron chi connectivity index (χ2n) is 11.1. The van der Waals surface area contributed by atoms with Crippen LogP contribution in [0.15, 0.2) is 0 Å². The van der Waals surface area contributed by atoms with Crippen molar-refractivity contribution < 1.29 is 66.4 Å². The Morgan fingerprint density at radius 2 is 1.08 bits per heavy atom. The summed E-state index contributed by atoms with van der Waals surface area (Å²) in [4.78, 5) is 25.4. The monoisotopic (exact) mass is 621 g/mol. The van der Waals surface area contributed by atoms with E-state index in [1.807, 2.05) is 0 Å². The van der Waals surface area contributed by atoms with Gasteiger partial charge in [-0.05, 0) is 61.3 Å². The summed E-state index contributed by atoms with van der Waals surface area (Å²) in [6, 6.07) is 0. The van der Waals surface area contributed by atoms with Gasteiger partial charge in [0, 0.05) is 13.1 Å². The minimum atomic E-state index is -7.14. The van der Waals surface area contributed by atoms with Gasteiger partial charge < -0.3 is 9.47 Å². The van der Waals surface area contributed by atoms with E-state index in [0.717, 1.165) is 0 Å². The molecular formula is C21H33F6NO9S2. The molecule has 1 aliphatic heterocycles. The summed E-state index contributed by atoms with van der Waals surface area (Å²) in [5, 5.41) is -13.5. The van der Waals surface area contributed by atoms with Crippen LogP contribution in [0.3, 0.4) is 0 Å². The third-order valence-corrected chi connectivity index (χ3v) is 8.49. The van der Waals surface area contributed by atoms with E-state index in [2.05, 4.69) is 4.18 Å². The zero-order chi connectivity index (χ0) is 31.1. The molecule has 1 fully saturated rings. The average Bonchev–Trinajstić information content (AvgIpc) is 2.75. The van der Waals surface area contributed by atoms with Gasteiger partial charge in [-0.1, -0.05) is 6.42 Å². The number of piperidine rings is 1. The van der Waals surface area contributed by atoms with Crippen LogP contribution in [0.5, 0.6) is 0 Å². The number of ether oxygens (including phenoxy) is 2. The van der Waals surface area contributed by atoms with E-state index < -0.39 is 84.8 Å². The first-order chi connectivity index (χ1) is 17.1. The fraction of sp³-hybridized carbons (Fsp3) is 0.905. The molecule has 0 atom stereocenters. The zero-order valence-electron chi connectivity index (χ0n) is 22.4. The molecule has 0 spiro atoms. The van der Waals surface area contributed by atoms with Crippen LogP contribution in [0.1, 0.15) is 67.7 Å². The standard InChI is InChI=1S/C21H33F6NO9S2/c1-16(2,3)36-14(29)18(7,15(30)37-17(4,5)6)13-35-39(33,34)21(26,27)19(22,23)20(24,25)38(31,32)28-11-9-8-10-12-28/h8-13H2,1-7H3. The molecule has 0 aliphatic carbocycles. The number of hydrogen-bond acceptors (Lipinski definition) is 9. The SMILES string of the molecule is CC(C)(C)OC(=O)C(C)(COS(=O)(=O)C(F)(F)C(F)(F)C(F)(F)S(=O)(=O)N1CCCCC1)C(=O)OC(C)(C)C. The third-order valence-electron chi connectivity index (χ3n) is 5.23. The Morgan fingerprint density at radius 3 is 1.44 bits per heavy atom. The highest BCUT2D eigenvalue weighted by Gasteiger charge is 2.83. The Labute approximate surface area is 223 Å². The van der Waals surface area contributed by atoms with E-state index in [1.54, 1.807) is 0 Å². The van der Waals surface area contributed by atoms with Crippen molar-refractivity contribution in [2.75, 3.05) is 19.7 Å². The van der Waals surface area contributed by atoms with Crippen LogP contribution < -0.4 is 0 Å². The van der Waals surface area contributed by atoms with Crippen molar-refractivity contribution >= 4 is 32.1 Å². The van der Waals surface area contributed by atoms with Crippen LogP contribution in [0.4, 0.5) is 26.3 Å². The van der Waals surface area contributed by atoms with Crippen LogP contribution in [-0.2, 0) is 43.4 Å². The predicted molar refractivity (Wildman–Crippen MR) is 124 cm³/mol. The molecule has 230 valence electrons. The van der Waals surface area contributed by atoms with Gasteiger partial charge in [0.1, 0.15) is 11.2 Å². The number of alkyl halides is 6. The van der Waals surface area contributed by atoms with Crippen LogP contribution in [0, 0.1) is 5.41 Å². The maximum Gasteiger partial charge on any atom is 0.439 e. The summed E-state index contributed by atoms with van der Waals surface area (Å²) in [6.07, 6.45) is 0.319. The summed E-state index contributed by atoms with van der Waals surface area (Å²) < 4.78 is 150. The number of halogens is 6. The number of carbonyl (C=O) groups is 2. The van der Waals surface area contributed by atoms with Gasteiger partial charge in [0.25, 0.3) is 10.0 Å². The van der Waals surface area contributed by atoms with Gasteiger partial charge in [-0.25, -0.2) is 8.42 Å². The quantitative estimate of drug-likeness (QED) is 0.155. The smallest absolute Gasteiger partial charge is 0.439 e. The minimum Gasteiger partial charge on any atom is -0.459 e. The van der Waals surface area contributed by atoms with Crippen LogP contribution in [-0.4, -0.2) is 80.4 Å². The van der Waals surface area contributed by atoms with E-state index in [4.69, 9.17) is 9.47 Å². The Balaban J connectivity index is 3.45. The number of esters is 2. The first kappa shape index (κ1) is 35.4. The Bertz CT molecular complexity index is 1110. The van der Waals surface area contributed by atoms with Gasteiger partial charge in [-0.15, -0.1) is 0 Å². The fourth-order valence-electron chi connectivity index (χ4n) is 3.01. The first-order valence-corrected chi connectivity index (χ1v) is 14.4. The molecule has 0 aromatic rings. The second-order valence-corrected chi connectivity index (χ2v) is 14.8. The van der Waals surface area contributed by atoms with Crippen molar-refractivity contribution in [2.24, 2.45) is 5.41 Å². The molecule has 1 saturated heterocycles. The number of nitrogens with zero attached hydrogens (tertiary/aromatic N) is 1. The molecule has 0 unspecified atom stereocenters. The van der Waals surface area contributed by atoms with Crippen molar-refractivity contribution in [3.63, 3.8) is 0 Å². The molecule has 0 amide bonds. The van der Waals surface area contributed by atoms with Crippen molar-refractivity contribution in [1.82, 2.24) is 4.31 Å². The predicted octanol–water partition coefficient (Wildman–Crippen LogP) is 3.66. The Kier molecular flexibility index (Phi) is 9.94. The molecule has 1 rings (SSSR count). The van der Waals surface area contributed by atoms with Gasteiger partial charge in [-0.3, -0.25) is 13.8 Å². The summed E-state index contributed by atoms with van der Waals surface area (Å²) in [7, 11) is -13.6. The molecule has 0 aromatic heterocycles. The number of carbonyl (C=O) groups excluding carboxylic acids is 2. The molecule has 0 saturated carbocycles. The largest absolute Gasteiger partial charge is 0.459 e. The van der Waals surface area contributed by atoms with E-state index >= 15 is 0 Å². The molecule has 1 aliphatic rings. The van der Waals surface area contributed by atoms with E-state index in [-0.39, 0.29) is 17.1 Å². The molecule has 1 heterocycles. The molecule has 0 aromatic carbocycles. The normalized spacial score (nSPS) is 17.6. The van der Waals surface area contributed by atoms with Crippen molar-refractivity contribution in [2.45, 2.75) is 95.4 Å². The van der Waals surface area contributed by atoms with E-state index in [1.165, 1.54) is 41.5 Å². The first-order valence-electron chi connectivity index (χ1n) is 11.6. The lowest BCUT2D eigenvalue weighted by atomic mass is 9.91. The highest BCUT2D eigenvalue weighted by Crippen LogP contribution is 2.52. The van der Waals surface area contributed by atoms with Crippen LogP contribution in [0.25, 0.3) is 0 Å². The highest BCUT2D eigenvalue weighted by atomic mass is 32.2. The minimum absolute atomic E-state index is 0.0212. The maximum absolute atomic E-state index is 14.6. The summed E-state index contributed by atoms with van der Waals surface area (Å²) >= 11 is 0. The number of rotatable bonds is 10. The van der Waals surface area contributed by atoms with Gasteiger partial charge in [0.2, 0.25) is 0 Å². The summed E-state index contributed by atoms with van der Waals surface area (Å²) in [6.45, 7) is 5.25. The topological polar surface area (TPSA) is 133 Å². The molecule has 0 bridgehead atoms. The van der Waals surface area contributed by atoms with Gasteiger partial charge >= 0.3 is 38.5 Å². The van der Waals surface area contributed by atoms with Crippen LogP contribution in [0.2, 0.25) is 0 Å². The third kappa shape index (κ3) is 7.16. The summed E-state index contributed by atoms with van der Waals surface area (Å²) in [5.74, 6) is -10.2. The van der Waals surface area contributed by atoms with Gasteiger partial charge in [0.15, 0.2) is 5.41 Å². The lowest BCUT2D eigenvalue weighted by molar-refractivity contribution is -0.247. The van der Waals surface area contributed by atoms with Crippen molar-refractivity contribution in [3.8, 4) is 0 Å². The van der Waals surface area contributed by atoms with Crippen molar-refractivity contribution in [1.29, 1.82) is 0 Å².